The van der Waals surface area contributed by atoms with Gasteiger partial charge in [-0.05, 0) is 107 Å². The first kappa shape index (κ1) is 30.1. The lowest BCUT2D eigenvalue weighted by Crippen LogP contribution is -2.07. The molecule has 0 amide bonds. The van der Waals surface area contributed by atoms with E-state index in [2.05, 4.69) is 119 Å². The molecular weight excluding hydrogens is 578 g/mol. The molecule has 0 bridgehead atoms. The van der Waals surface area contributed by atoms with Crippen molar-refractivity contribution >= 4 is 33.5 Å². The number of nitrogens with two attached hydrogens (primary N) is 1. The van der Waals surface area contributed by atoms with Crippen LogP contribution in [0.2, 0.25) is 0 Å². The van der Waals surface area contributed by atoms with Gasteiger partial charge in [-0.2, -0.15) is 0 Å². The third-order valence-electron chi connectivity index (χ3n) is 9.00. The number of aromatic nitrogens is 2. The normalized spacial score (nSPS) is 12.5. The number of rotatable bonds is 8. The number of methoxy groups -OCH3 is 1. The zero-order valence-electron chi connectivity index (χ0n) is 26.7. The maximum atomic E-state index is 12.4. The molecule has 7 aromatic rings. The molecule has 234 valence electrons. The molecule has 1 fully saturated rings. The molecule has 2 heterocycles. The molecule has 0 spiro atoms. The molecule has 0 radical (unpaired) electrons. The van der Waals surface area contributed by atoms with Gasteiger partial charge in [0.05, 0.1) is 12.7 Å². The van der Waals surface area contributed by atoms with Crippen LogP contribution in [0.15, 0.2) is 140 Å². The maximum absolute atomic E-state index is 12.4. The van der Waals surface area contributed by atoms with Crippen LogP contribution in [0.4, 0.5) is 5.69 Å². The van der Waals surface area contributed by atoms with Crippen LogP contribution in [0.25, 0.3) is 21.8 Å². The van der Waals surface area contributed by atoms with E-state index in [1.807, 2.05) is 30.3 Å². The van der Waals surface area contributed by atoms with E-state index in [0.717, 1.165) is 30.8 Å². The highest BCUT2D eigenvalue weighted by atomic mass is 16.5. The zero-order valence-corrected chi connectivity index (χ0v) is 26.7. The lowest BCUT2D eigenvalue weighted by Gasteiger charge is -2.11. The van der Waals surface area contributed by atoms with Gasteiger partial charge in [0.2, 0.25) is 0 Å². The van der Waals surface area contributed by atoms with E-state index < -0.39 is 0 Å². The van der Waals surface area contributed by atoms with Crippen molar-refractivity contribution in [1.29, 1.82) is 0 Å². The van der Waals surface area contributed by atoms with Gasteiger partial charge in [-0.3, -0.25) is 0 Å². The van der Waals surface area contributed by atoms with Gasteiger partial charge in [0.15, 0.2) is 0 Å². The van der Waals surface area contributed by atoms with Gasteiger partial charge in [-0.1, -0.05) is 78.9 Å². The molecule has 0 aliphatic heterocycles. The summed E-state index contributed by atoms with van der Waals surface area (Å²) in [5.41, 5.74) is 15.8. The Balaban J connectivity index is 0.000000174. The number of fused-ring (bicyclic) bond motifs is 2. The summed E-state index contributed by atoms with van der Waals surface area (Å²) in [5, 5.41) is 2.42. The van der Waals surface area contributed by atoms with Crippen LogP contribution in [-0.2, 0) is 24.2 Å². The second kappa shape index (κ2) is 13.4. The molecule has 0 saturated heterocycles. The number of anilines is 1. The first-order valence-electron chi connectivity index (χ1n) is 16.3. The molecule has 1 saturated carbocycles. The fourth-order valence-corrected chi connectivity index (χ4v) is 6.35. The number of benzene rings is 5. The quantitative estimate of drug-likeness (QED) is 0.137. The number of carbonyl (C=O) groups is 1. The van der Waals surface area contributed by atoms with Gasteiger partial charge < -0.3 is 19.6 Å². The standard InChI is InChI=1S/C27H25NO2.C15H14N2/c1-30-27(29)25-17-22(21-8-9-21)10-11-23(25)15-20-7-12-26-24(16-20)13-14-28(26)18-19-5-3-2-4-6-19;16-14-6-7-15-13(10-14)8-9-17(15)11-12-4-2-1-3-5-12/h2-7,10-14,16-17,21H,8-9,15,18H2,1H3;1-10H,11,16H2. The predicted octanol–water partition coefficient (Wildman–Crippen LogP) is 9.22. The van der Waals surface area contributed by atoms with Crippen LogP contribution in [-0.4, -0.2) is 22.2 Å². The second-order valence-electron chi connectivity index (χ2n) is 12.4. The average molecular weight is 618 g/mol. The minimum atomic E-state index is -0.248. The number of nitrogen functional groups attached to an aromatic ring is 1. The number of esters is 1. The molecule has 8 rings (SSSR count). The summed E-state index contributed by atoms with van der Waals surface area (Å²) in [7, 11) is 1.46. The van der Waals surface area contributed by atoms with Crippen molar-refractivity contribution in [2.75, 3.05) is 12.8 Å². The Hall–Kier alpha value is -5.55. The van der Waals surface area contributed by atoms with E-state index >= 15 is 0 Å². The zero-order chi connectivity index (χ0) is 32.2. The topological polar surface area (TPSA) is 62.2 Å². The van der Waals surface area contributed by atoms with Crippen molar-refractivity contribution in [3.05, 3.63) is 173 Å². The van der Waals surface area contributed by atoms with Gasteiger partial charge in [0.25, 0.3) is 0 Å². The third kappa shape index (κ3) is 7.00. The van der Waals surface area contributed by atoms with Crippen molar-refractivity contribution in [3.8, 4) is 0 Å². The number of nitrogens with zero attached hydrogens (tertiary/aromatic N) is 2. The third-order valence-corrected chi connectivity index (χ3v) is 9.00. The minimum Gasteiger partial charge on any atom is -0.465 e. The number of carbonyl (C=O) groups excluding carboxylic acids is 1. The monoisotopic (exact) mass is 617 g/mol. The molecular formula is C42H39N3O2. The number of hydrogen-bond donors (Lipinski definition) is 1. The van der Waals surface area contributed by atoms with E-state index in [1.165, 1.54) is 64.0 Å². The minimum absolute atomic E-state index is 0.248. The highest BCUT2D eigenvalue weighted by Gasteiger charge is 2.25. The largest absolute Gasteiger partial charge is 0.465 e. The highest BCUT2D eigenvalue weighted by Crippen LogP contribution is 2.40. The number of hydrogen-bond acceptors (Lipinski definition) is 3. The first-order valence-corrected chi connectivity index (χ1v) is 16.3. The Morgan fingerprint density at radius 2 is 1.28 bits per heavy atom. The molecule has 2 N–H and O–H groups in total. The van der Waals surface area contributed by atoms with Crippen LogP contribution < -0.4 is 5.73 Å². The Morgan fingerprint density at radius 1 is 0.681 bits per heavy atom. The summed E-state index contributed by atoms with van der Waals surface area (Å²) >= 11 is 0. The fraction of sp³-hybridized carbons (Fsp3) is 0.167. The van der Waals surface area contributed by atoms with Crippen molar-refractivity contribution in [3.63, 3.8) is 0 Å². The summed E-state index contributed by atoms with van der Waals surface area (Å²) in [5.74, 6) is 0.366. The molecule has 1 aliphatic carbocycles. The molecule has 0 unspecified atom stereocenters. The molecule has 2 aromatic heterocycles. The summed E-state index contributed by atoms with van der Waals surface area (Å²) < 4.78 is 9.57. The van der Waals surface area contributed by atoms with Crippen molar-refractivity contribution in [1.82, 2.24) is 9.13 Å². The highest BCUT2D eigenvalue weighted by molar-refractivity contribution is 5.91. The molecule has 0 atom stereocenters. The van der Waals surface area contributed by atoms with Crippen molar-refractivity contribution < 1.29 is 9.53 Å². The number of ether oxygens (including phenoxy) is 1. The van der Waals surface area contributed by atoms with E-state index in [-0.39, 0.29) is 5.97 Å². The van der Waals surface area contributed by atoms with Crippen LogP contribution >= 0.6 is 0 Å². The predicted molar refractivity (Wildman–Crippen MR) is 192 cm³/mol. The fourth-order valence-electron chi connectivity index (χ4n) is 6.35. The van der Waals surface area contributed by atoms with Gasteiger partial charge in [0.1, 0.15) is 0 Å². The van der Waals surface area contributed by atoms with Gasteiger partial charge in [0, 0.05) is 47.6 Å². The molecule has 47 heavy (non-hydrogen) atoms. The summed E-state index contributed by atoms with van der Waals surface area (Å²) in [6.07, 6.45) is 7.41. The molecule has 5 heteroatoms. The Kier molecular flexibility index (Phi) is 8.61. The van der Waals surface area contributed by atoms with Crippen molar-refractivity contribution in [2.45, 2.75) is 38.3 Å². The maximum Gasteiger partial charge on any atom is 0.338 e. The Morgan fingerprint density at radius 3 is 1.87 bits per heavy atom. The average Bonchev–Trinajstić information content (AvgIpc) is 3.78. The summed E-state index contributed by atoms with van der Waals surface area (Å²) in [6, 6.07) is 44.2. The lowest BCUT2D eigenvalue weighted by atomic mass is 9.96. The van der Waals surface area contributed by atoms with Crippen molar-refractivity contribution in [2.24, 2.45) is 0 Å². The van der Waals surface area contributed by atoms with Crippen LogP contribution in [0.5, 0.6) is 0 Å². The van der Waals surface area contributed by atoms with E-state index in [4.69, 9.17) is 10.5 Å². The van der Waals surface area contributed by atoms with Gasteiger partial charge >= 0.3 is 5.97 Å². The smallest absolute Gasteiger partial charge is 0.338 e. The van der Waals surface area contributed by atoms with Crippen LogP contribution in [0, 0.1) is 0 Å². The van der Waals surface area contributed by atoms with E-state index in [1.54, 1.807) is 0 Å². The second-order valence-corrected chi connectivity index (χ2v) is 12.4. The molecule has 1 aliphatic rings. The SMILES string of the molecule is COC(=O)c1cc(C2CC2)ccc1Cc1ccc2c(ccn2Cc2ccccc2)c1.Nc1ccc2c(ccn2Cc2ccccc2)c1. The van der Waals surface area contributed by atoms with E-state index in [9.17, 15) is 4.79 Å². The first-order chi connectivity index (χ1) is 23.0. The van der Waals surface area contributed by atoms with Gasteiger partial charge in [-0.25, -0.2) is 4.79 Å². The van der Waals surface area contributed by atoms with Crippen LogP contribution in [0.1, 0.15) is 56.9 Å². The molecule has 5 aromatic carbocycles. The van der Waals surface area contributed by atoms with Gasteiger partial charge in [-0.15, -0.1) is 0 Å². The summed E-state index contributed by atoms with van der Waals surface area (Å²) in [6.45, 7) is 1.76. The molecule has 5 nitrogen and oxygen atoms in total. The summed E-state index contributed by atoms with van der Waals surface area (Å²) in [4.78, 5) is 12.4. The van der Waals surface area contributed by atoms with E-state index in [0.29, 0.717) is 11.5 Å². The van der Waals surface area contributed by atoms with Crippen LogP contribution in [0.3, 0.4) is 0 Å². The Labute approximate surface area is 275 Å². The Bertz CT molecular complexity index is 2140. The lowest BCUT2D eigenvalue weighted by molar-refractivity contribution is 0.0599.